The Bertz CT molecular complexity index is 419. The van der Waals surface area contributed by atoms with Crippen molar-refractivity contribution in [1.82, 2.24) is 9.97 Å². The Morgan fingerprint density at radius 2 is 2.41 bits per heavy atom. The van der Waals surface area contributed by atoms with Crippen LogP contribution in [0.1, 0.15) is 26.2 Å². The van der Waals surface area contributed by atoms with Gasteiger partial charge in [0, 0.05) is 12.3 Å². The highest BCUT2D eigenvalue weighted by molar-refractivity contribution is 8.00. The maximum atomic E-state index is 11.5. The van der Waals surface area contributed by atoms with Crippen molar-refractivity contribution in [2.24, 2.45) is 0 Å². The molecule has 0 radical (unpaired) electrons. The van der Waals surface area contributed by atoms with E-state index in [1.54, 1.807) is 0 Å². The molecule has 0 spiro atoms. The number of carbonyl (C=O) groups is 1. The minimum Gasteiger partial charge on any atom is -0.468 e. The van der Waals surface area contributed by atoms with Crippen LogP contribution >= 0.6 is 11.8 Å². The molecule has 1 N–H and O–H groups in total. The van der Waals surface area contributed by atoms with Gasteiger partial charge in [0.05, 0.1) is 7.11 Å². The molecule has 0 bridgehead atoms. The van der Waals surface area contributed by atoms with Crippen LogP contribution in [0, 0.1) is 0 Å². The van der Waals surface area contributed by atoms with Crippen LogP contribution in [0.2, 0.25) is 0 Å². The zero-order chi connectivity index (χ0) is 12.7. The Kier molecular flexibility index (Phi) is 5.76. The van der Waals surface area contributed by atoms with E-state index in [4.69, 9.17) is 4.74 Å². The molecule has 0 saturated carbocycles. The van der Waals surface area contributed by atoms with Gasteiger partial charge in [-0.2, -0.15) is 0 Å². The number of ether oxygens (including phenoxy) is 1. The lowest BCUT2D eigenvalue weighted by molar-refractivity contribution is -0.140. The summed E-state index contributed by atoms with van der Waals surface area (Å²) < 4.78 is 4.73. The van der Waals surface area contributed by atoms with E-state index >= 15 is 0 Å². The zero-order valence-electron chi connectivity index (χ0n) is 9.93. The highest BCUT2D eigenvalue weighted by Gasteiger charge is 2.20. The molecule has 94 valence electrons. The Labute approximate surface area is 104 Å². The number of methoxy groups -OCH3 is 1. The number of nitrogens with zero attached hydrogens (tertiary/aromatic N) is 1. The molecule has 0 aromatic carbocycles. The molecular formula is C11H16N2O3S. The van der Waals surface area contributed by atoms with Gasteiger partial charge in [0.1, 0.15) is 5.25 Å². The predicted molar refractivity (Wildman–Crippen MR) is 66.0 cm³/mol. The van der Waals surface area contributed by atoms with E-state index in [0.29, 0.717) is 11.6 Å². The van der Waals surface area contributed by atoms with E-state index in [9.17, 15) is 9.59 Å². The Morgan fingerprint density at radius 3 is 3.00 bits per heavy atom. The predicted octanol–water partition coefficient (Wildman–Crippen LogP) is 1.59. The summed E-state index contributed by atoms with van der Waals surface area (Å²) in [7, 11) is 1.36. The van der Waals surface area contributed by atoms with E-state index in [-0.39, 0.29) is 16.8 Å². The first-order chi connectivity index (χ1) is 8.17. The number of esters is 1. The van der Waals surface area contributed by atoms with Crippen molar-refractivity contribution >= 4 is 17.7 Å². The number of aromatic nitrogens is 2. The van der Waals surface area contributed by atoms with Gasteiger partial charge in [-0.05, 0) is 6.42 Å². The van der Waals surface area contributed by atoms with Gasteiger partial charge in [-0.25, -0.2) is 4.98 Å². The van der Waals surface area contributed by atoms with Gasteiger partial charge in [0.25, 0.3) is 5.56 Å². The van der Waals surface area contributed by atoms with Crippen molar-refractivity contribution in [2.45, 2.75) is 36.6 Å². The monoisotopic (exact) mass is 256 g/mol. The summed E-state index contributed by atoms with van der Waals surface area (Å²) in [6, 6.07) is 1.34. The number of nitrogens with one attached hydrogen (secondary N) is 1. The van der Waals surface area contributed by atoms with Crippen molar-refractivity contribution in [3.05, 3.63) is 22.6 Å². The van der Waals surface area contributed by atoms with Crippen LogP contribution in [-0.2, 0) is 9.53 Å². The van der Waals surface area contributed by atoms with Crippen LogP contribution in [0.5, 0.6) is 0 Å². The van der Waals surface area contributed by atoms with Gasteiger partial charge in [-0.1, -0.05) is 31.5 Å². The second kappa shape index (κ2) is 7.11. The largest absolute Gasteiger partial charge is 0.468 e. The molecule has 0 aliphatic heterocycles. The number of thioether (sulfide) groups is 1. The number of aromatic amines is 1. The smallest absolute Gasteiger partial charge is 0.319 e. The highest BCUT2D eigenvalue weighted by atomic mass is 32.2. The summed E-state index contributed by atoms with van der Waals surface area (Å²) in [6.45, 7) is 2.06. The minimum atomic E-state index is -0.314. The van der Waals surface area contributed by atoms with Gasteiger partial charge in [-0.15, -0.1) is 0 Å². The van der Waals surface area contributed by atoms with Crippen molar-refractivity contribution in [3.63, 3.8) is 0 Å². The van der Waals surface area contributed by atoms with Crippen LogP contribution in [0.3, 0.4) is 0 Å². The topological polar surface area (TPSA) is 72.0 Å². The number of hydrogen-bond donors (Lipinski definition) is 1. The third-order valence-corrected chi connectivity index (χ3v) is 3.33. The fourth-order valence-electron chi connectivity index (χ4n) is 1.29. The summed E-state index contributed by atoms with van der Waals surface area (Å²) in [5.41, 5.74) is -0.221. The van der Waals surface area contributed by atoms with Gasteiger partial charge in [-0.3, -0.25) is 9.59 Å². The third kappa shape index (κ3) is 4.60. The summed E-state index contributed by atoms with van der Waals surface area (Å²) in [6.07, 6.45) is 4.08. The van der Waals surface area contributed by atoms with E-state index in [1.165, 1.54) is 31.1 Å². The normalized spacial score (nSPS) is 12.1. The molecule has 6 heteroatoms. The molecule has 0 aliphatic carbocycles. The summed E-state index contributed by atoms with van der Waals surface area (Å²) in [4.78, 5) is 29.2. The number of carbonyl (C=O) groups excluding carboxylic acids is 1. The van der Waals surface area contributed by atoms with Crippen LogP contribution in [0.25, 0.3) is 0 Å². The molecule has 1 aromatic rings. The van der Waals surface area contributed by atoms with E-state index in [1.807, 2.05) is 0 Å². The van der Waals surface area contributed by atoms with Crippen molar-refractivity contribution in [1.29, 1.82) is 0 Å². The Balaban J connectivity index is 2.71. The molecule has 1 aromatic heterocycles. The first-order valence-corrected chi connectivity index (χ1v) is 6.35. The summed E-state index contributed by atoms with van der Waals surface area (Å²) >= 11 is 1.23. The van der Waals surface area contributed by atoms with E-state index < -0.39 is 0 Å². The number of H-pyrrole nitrogens is 1. The molecule has 1 unspecified atom stereocenters. The van der Waals surface area contributed by atoms with Crippen molar-refractivity contribution in [2.75, 3.05) is 7.11 Å². The molecule has 1 atom stereocenters. The second-order valence-corrected chi connectivity index (χ2v) is 4.70. The third-order valence-electron chi connectivity index (χ3n) is 2.19. The second-order valence-electron chi connectivity index (χ2n) is 3.51. The van der Waals surface area contributed by atoms with Crippen LogP contribution in [-0.4, -0.2) is 28.3 Å². The maximum absolute atomic E-state index is 11.5. The SMILES string of the molecule is CCCCC(Sc1nccc(=O)[nH]1)C(=O)OC. The number of hydrogen-bond acceptors (Lipinski definition) is 5. The quantitative estimate of drug-likeness (QED) is 0.475. The first kappa shape index (κ1) is 13.8. The molecule has 0 saturated heterocycles. The summed E-state index contributed by atoms with van der Waals surface area (Å²) in [5.74, 6) is -0.282. The lowest BCUT2D eigenvalue weighted by Crippen LogP contribution is -2.20. The fraction of sp³-hybridized carbons (Fsp3) is 0.545. The first-order valence-electron chi connectivity index (χ1n) is 5.47. The molecule has 1 rings (SSSR count). The van der Waals surface area contributed by atoms with E-state index in [2.05, 4.69) is 16.9 Å². The highest BCUT2D eigenvalue weighted by Crippen LogP contribution is 2.23. The number of unbranched alkanes of at least 4 members (excludes halogenated alkanes) is 1. The minimum absolute atomic E-state index is 0.221. The fourth-order valence-corrected chi connectivity index (χ4v) is 2.32. The lowest BCUT2D eigenvalue weighted by Gasteiger charge is -2.12. The van der Waals surface area contributed by atoms with Crippen LogP contribution in [0.4, 0.5) is 0 Å². The molecule has 17 heavy (non-hydrogen) atoms. The van der Waals surface area contributed by atoms with Gasteiger partial charge in [0.2, 0.25) is 0 Å². The van der Waals surface area contributed by atoms with Gasteiger partial charge >= 0.3 is 5.97 Å². The number of rotatable bonds is 6. The molecule has 0 fully saturated rings. The Hall–Kier alpha value is -1.30. The van der Waals surface area contributed by atoms with Crippen LogP contribution < -0.4 is 5.56 Å². The average molecular weight is 256 g/mol. The molecular weight excluding hydrogens is 240 g/mol. The lowest BCUT2D eigenvalue weighted by atomic mass is 10.2. The molecule has 0 aliphatic rings. The summed E-state index contributed by atoms with van der Waals surface area (Å²) in [5, 5.41) is 0.134. The van der Waals surface area contributed by atoms with Gasteiger partial charge in [0.15, 0.2) is 5.16 Å². The van der Waals surface area contributed by atoms with Crippen molar-refractivity contribution in [3.8, 4) is 0 Å². The average Bonchev–Trinajstić information content (AvgIpc) is 2.33. The molecule has 1 heterocycles. The van der Waals surface area contributed by atoms with E-state index in [0.717, 1.165) is 12.8 Å². The van der Waals surface area contributed by atoms with Gasteiger partial charge < -0.3 is 9.72 Å². The molecule has 5 nitrogen and oxygen atoms in total. The standard InChI is InChI=1S/C11H16N2O3S/c1-3-4-5-8(10(15)16-2)17-11-12-7-6-9(14)13-11/h6-8H,3-5H2,1-2H3,(H,12,13,14). The Morgan fingerprint density at radius 1 is 1.65 bits per heavy atom. The van der Waals surface area contributed by atoms with Crippen LogP contribution in [0.15, 0.2) is 22.2 Å². The maximum Gasteiger partial charge on any atom is 0.319 e. The zero-order valence-corrected chi connectivity index (χ0v) is 10.8. The molecule has 0 amide bonds. The van der Waals surface area contributed by atoms with Crippen molar-refractivity contribution < 1.29 is 9.53 Å².